The molecule has 1 aromatic rings. The number of nitrogens with one attached hydrogen (secondary N) is 1. The molecule has 1 amide bonds. The standard InChI is InChI=1S/C10H10N2O/c1-8(13)12-10(7-11)9-5-3-2-4-6-9/h2-6,10H,1H3,(H,12,13)/t10-/m0/s1. The van der Waals surface area contributed by atoms with Crippen molar-refractivity contribution in [2.45, 2.75) is 13.0 Å². The topological polar surface area (TPSA) is 52.9 Å². The van der Waals surface area contributed by atoms with E-state index in [2.05, 4.69) is 5.32 Å². The molecule has 0 unspecified atom stereocenters. The number of carbonyl (C=O) groups excluding carboxylic acids is 1. The van der Waals surface area contributed by atoms with E-state index in [0.29, 0.717) is 0 Å². The van der Waals surface area contributed by atoms with Gasteiger partial charge in [0.2, 0.25) is 5.91 Å². The fourth-order valence-electron chi connectivity index (χ4n) is 1.04. The first-order valence-electron chi connectivity index (χ1n) is 3.95. The minimum Gasteiger partial charge on any atom is -0.337 e. The number of hydrogen-bond acceptors (Lipinski definition) is 2. The third-order valence-corrected chi connectivity index (χ3v) is 1.61. The summed E-state index contributed by atoms with van der Waals surface area (Å²) in [5.74, 6) is -0.199. The summed E-state index contributed by atoms with van der Waals surface area (Å²) in [6, 6.07) is 10.6. The molecule has 1 N–H and O–H groups in total. The third kappa shape index (κ3) is 2.60. The number of nitrogens with zero attached hydrogens (tertiary/aromatic N) is 1. The van der Waals surface area contributed by atoms with E-state index in [1.54, 1.807) is 0 Å². The van der Waals surface area contributed by atoms with Crippen LogP contribution in [0.25, 0.3) is 0 Å². The molecular formula is C10H10N2O. The highest BCUT2D eigenvalue weighted by Gasteiger charge is 2.09. The summed E-state index contributed by atoms with van der Waals surface area (Å²) >= 11 is 0. The van der Waals surface area contributed by atoms with Gasteiger partial charge < -0.3 is 5.32 Å². The Labute approximate surface area is 77.0 Å². The van der Waals surface area contributed by atoms with E-state index >= 15 is 0 Å². The second-order valence-electron chi connectivity index (χ2n) is 2.67. The Morgan fingerprint density at radius 3 is 2.54 bits per heavy atom. The lowest BCUT2D eigenvalue weighted by Gasteiger charge is -2.09. The minimum atomic E-state index is -0.543. The predicted molar refractivity (Wildman–Crippen MR) is 48.6 cm³/mol. The Balaban J connectivity index is 2.80. The Bertz CT molecular complexity index is 327. The van der Waals surface area contributed by atoms with Crippen LogP contribution in [0.15, 0.2) is 30.3 Å². The number of nitriles is 1. The van der Waals surface area contributed by atoms with Gasteiger partial charge in [-0.2, -0.15) is 5.26 Å². The fraction of sp³-hybridized carbons (Fsp3) is 0.200. The first-order valence-corrected chi connectivity index (χ1v) is 3.95. The summed E-state index contributed by atoms with van der Waals surface area (Å²) in [5, 5.41) is 11.3. The van der Waals surface area contributed by atoms with Crippen molar-refractivity contribution in [1.82, 2.24) is 5.32 Å². The number of amides is 1. The van der Waals surface area contributed by atoms with Crippen LogP contribution in [0.4, 0.5) is 0 Å². The van der Waals surface area contributed by atoms with Crippen LogP contribution in [0.1, 0.15) is 18.5 Å². The van der Waals surface area contributed by atoms with Crippen molar-refractivity contribution >= 4 is 5.91 Å². The van der Waals surface area contributed by atoms with Crippen LogP contribution in [-0.2, 0) is 4.79 Å². The van der Waals surface area contributed by atoms with E-state index in [4.69, 9.17) is 5.26 Å². The van der Waals surface area contributed by atoms with Crippen LogP contribution in [0.2, 0.25) is 0 Å². The van der Waals surface area contributed by atoms with Gasteiger partial charge in [-0.1, -0.05) is 30.3 Å². The quantitative estimate of drug-likeness (QED) is 0.736. The molecule has 1 atom stereocenters. The van der Waals surface area contributed by atoms with Gasteiger partial charge in [0, 0.05) is 6.92 Å². The Morgan fingerprint density at radius 2 is 2.08 bits per heavy atom. The predicted octanol–water partition coefficient (Wildman–Crippen LogP) is 1.39. The molecule has 0 heterocycles. The van der Waals surface area contributed by atoms with Crippen molar-refractivity contribution in [2.24, 2.45) is 0 Å². The number of hydrogen-bond donors (Lipinski definition) is 1. The van der Waals surface area contributed by atoms with E-state index in [0.717, 1.165) is 5.56 Å². The summed E-state index contributed by atoms with van der Waals surface area (Å²) in [7, 11) is 0. The van der Waals surface area contributed by atoms with Gasteiger partial charge in [0.1, 0.15) is 6.04 Å². The van der Waals surface area contributed by atoms with Gasteiger partial charge in [0.05, 0.1) is 6.07 Å². The molecule has 0 spiro atoms. The second kappa shape index (κ2) is 4.27. The SMILES string of the molecule is CC(=O)N[C@@H](C#N)c1ccccc1. The molecule has 1 aromatic carbocycles. The Kier molecular flexibility index (Phi) is 3.04. The second-order valence-corrected chi connectivity index (χ2v) is 2.67. The van der Waals surface area contributed by atoms with Crippen LogP contribution < -0.4 is 5.32 Å². The molecular weight excluding hydrogens is 164 g/mol. The maximum atomic E-state index is 10.7. The smallest absolute Gasteiger partial charge is 0.218 e. The van der Waals surface area contributed by atoms with Crippen LogP contribution in [-0.4, -0.2) is 5.91 Å². The van der Waals surface area contributed by atoms with Gasteiger partial charge >= 0.3 is 0 Å². The molecule has 3 heteroatoms. The van der Waals surface area contributed by atoms with Crippen molar-refractivity contribution < 1.29 is 4.79 Å². The van der Waals surface area contributed by atoms with E-state index in [1.807, 2.05) is 36.4 Å². The molecule has 0 fully saturated rings. The van der Waals surface area contributed by atoms with E-state index < -0.39 is 6.04 Å². The third-order valence-electron chi connectivity index (χ3n) is 1.61. The molecule has 1 rings (SSSR count). The number of carbonyl (C=O) groups is 1. The van der Waals surface area contributed by atoms with Crippen molar-refractivity contribution in [3.05, 3.63) is 35.9 Å². The Morgan fingerprint density at radius 1 is 1.46 bits per heavy atom. The molecule has 66 valence electrons. The molecule has 0 bridgehead atoms. The van der Waals surface area contributed by atoms with Gasteiger partial charge in [0.25, 0.3) is 0 Å². The molecule has 0 saturated heterocycles. The monoisotopic (exact) mass is 174 g/mol. The van der Waals surface area contributed by atoms with Gasteiger partial charge in [-0.3, -0.25) is 4.79 Å². The minimum absolute atomic E-state index is 0.199. The number of benzene rings is 1. The zero-order valence-electron chi connectivity index (χ0n) is 7.32. The molecule has 0 aliphatic heterocycles. The van der Waals surface area contributed by atoms with Gasteiger partial charge in [-0.15, -0.1) is 0 Å². The van der Waals surface area contributed by atoms with Gasteiger partial charge in [-0.25, -0.2) is 0 Å². The molecule has 0 aromatic heterocycles. The van der Waals surface area contributed by atoms with E-state index in [-0.39, 0.29) is 5.91 Å². The zero-order valence-corrected chi connectivity index (χ0v) is 7.32. The maximum absolute atomic E-state index is 10.7. The molecule has 0 saturated carbocycles. The van der Waals surface area contributed by atoms with Crippen LogP contribution in [0.3, 0.4) is 0 Å². The van der Waals surface area contributed by atoms with E-state index in [9.17, 15) is 4.79 Å². The molecule has 3 nitrogen and oxygen atoms in total. The average molecular weight is 174 g/mol. The van der Waals surface area contributed by atoms with Crippen molar-refractivity contribution in [2.75, 3.05) is 0 Å². The highest BCUT2D eigenvalue weighted by Crippen LogP contribution is 2.10. The maximum Gasteiger partial charge on any atom is 0.218 e. The van der Waals surface area contributed by atoms with Crippen molar-refractivity contribution in [3.63, 3.8) is 0 Å². The van der Waals surface area contributed by atoms with Crippen LogP contribution >= 0.6 is 0 Å². The lowest BCUT2D eigenvalue weighted by molar-refractivity contribution is -0.119. The first kappa shape index (κ1) is 9.27. The molecule has 0 radical (unpaired) electrons. The summed E-state index contributed by atoms with van der Waals surface area (Å²) in [6.07, 6.45) is 0. The number of rotatable bonds is 2. The zero-order chi connectivity index (χ0) is 9.68. The normalized spacial score (nSPS) is 11.4. The summed E-state index contributed by atoms with van der Waals surface area (Å²) in [5.41, 5.74) is 0.806. The van der Waals surface area contributed by atoms with E-state index in [1.165, 1.54) is 6.92 Å². The lowest BCUT2D eigenvalue weighted by atomic mass is 10.1. The summed E-state index contributed by atoms with van der Waals surface area (Å²) in [6.45, 7) is 1.40. The molecule has 0 aliphatic carbocycles. The van der Waals surface area contributed by atoms with Crippen molar-refractivity contribution in [3.8, 4) is 6.07 Å². The lowest BCUT2D eigenvalue weighted by Crippen LogP contribution is -2.24. The Hall–Kier alpha value is -1.82. The highest BCUT2D eigenvalue weighted by molar-refractivity contribution is 5.73. The first-order chi connectivity index (χ1) is 6.24. The summed E-state index contributed by atoms with van der Waals surface area (Å²) < 4.78 is 0. The van der Waals surface area contributed by atoms with Gasteiger partial charge in [-0.05, 0) is 5.56 Å². The van der Waals surface area contributed by atoms with Crippen LogP contribution in [0.5, 0.6) is 0 Å². The highest BCUT2D eigenvalue weighted by atomic mass is 16.1. The largest absolute Gasteiger partial charge is 0.337 e. The fourth-order valence-corrected chi connectivity index (χ4v) is 1.04. The van der Waals surface area contributed by atoms with Crippen LogP contribution in [0, 0.1) is 11.3 Å². The molecule has 0 aliphatic rings. The summed E-state index contributed by atoms with van der Waals surface area (Å²) in [4.78, 5) is 10.7. The average Bonchev–Trinajstić information content (AvgIpc) is 2.15. The van der Waals surface area contributed by atoms with Gasteiger partial charge in [0.15, 0.2) is 0 Å². The molecule has 13 heavy (non-hydrogen) atoms. The van der Waals surface area contributed by atoms with Crippen molar-refractivity contribution in [1.29, 1.82) is 5.26 Å².